The third kappa shape index (κ3) is 0.889. The smallest absolute Gasteiger partial charge is 0.181 e. The summed E-state index contributed by atoms with van der Waals surface area (Å²) >= 11 is 0. The zero-order chi connectivity index (χ0) is 9.76. The highest BCUT2D eigenvalue weighted by molar-refractivity contribution is 7.92. The SMILES string of the molecule is O=S1(=O)CCc2[nH]c3ccccc3c21. The maximum atomic E-state index is 11.7. The Kier molecular flexibility index (Phi) is 1.37. The minimum absolute atomic E-state index is 0.249. The van der Waals surface area contributed by atoms with E-state index < -0.39 is 9.84 Å². The minimum Gasteiger partial charge on any atom is -0.357 e. The molecule has 0 spiro atoms. The first-order valence-electron chi connectivity index (χ1n) is 4.51. The molecule has 0 amide bonds. The monoisotopic (exact) mass is 207 g/mol. The second-order valence-corrected chi connectivity index (χ2v) is 5.59. The predicted molar refractivity (Wildman–Crippen MR) is 54.1 cm³/mol. The quantitative estimate of drug-likeness (QED) is 0.711. The molecule has 72 valence electrons. The molecule has 0 unspecified atom stereocenters. The van der Waals surface area contributed by atoms with E-state index in [9.17, 15) is 8.42 Å². The molecule has 3 rings (SSSR count). The molecule has 0 fully saturated rings. The minimum atomic E-state index is -3.02. The van der Waals surface area contributed by atoms with Crippen LogP contribution in [0.15, 0.2) is 29.2 Å². The average Bonchev–Trinajstić information content (AvgIpc) is 2.65. The molecule has 1 aliphatic rings. The van der Waals surface area contributed by atoms with Crippen LogP contribution in [-0.4, -0.2) is 19.2 Å². The maximum Gasteiger partial charge on any atom is 0.181 e. The topological polar surface area (TPSA) is 49.9 Å². The van der Waals surface area contributed by atoms with Gasteiger partial charge in [0.05, 0.1) is 10.6 Å². The van der Waals surface area contributed by atoms with E-state index in [2.05, 4.69) is 4.98 Å². The highest BCUT2D eigenvalue weighted by Gasteiger charge is 2.30. The molecular formula is C10H9NO2S. The van der Waals surface area contributed by atoms with Gasteiger partial charge in [0.25, 0.3) is 0 Å². The van der Waals surface area contributed by atoms with E-state index in [0.717, 1.165) is 16.6 Å². The summed E-state index contributed by atoms with van der Waals surface area (Å²) in [4.78, 5) is 3.67. The third-order valence-corrected chi connectivity index (χ3v) is 4.49. The fraction of sp³-hybridized carbons (Fsp3) is 0.200. The van der Waals surface area contributed by atoms with Crippen molar-refractivity contribution in [3.05, 3.63) is 30.0 Å². The van der Waals surface area contributed by atoms with E-state index in [1.165, 1.54) is 0 Å². The Morgan fingerprint density at radius 3 is 2.86 bits per heavy atom. The van der Waals surface area contributed by atoms with Crippen LogP contribution >= 0.6 is 0 Å². The standard InChI is InChI=1S/C10H9NO2S/c12-14(13)6-5-9-10(14)7-3-1-2-4-8(7)11-9/h1-4,11H,5-6H2. The fourth-order valence-electron chi connectivity index (χ4n) is 2.04. The van der Waals surface area contributed by atoms with Gasteiger partial charge >= 0.3 is 0 Å². The molecule has 0 bridgehead atoms. The lowest BCUT2D eigenvalue weighted by Gasteiger charge is -1.93. The molecule has 1 aromatic heterocycles. The normalized spacial score (nSPS) is 18.6. The largest absolute Gasteiger partial charge is 0.357 e. The lowest BCUT2D eigenvalue weighted by atomic mass is 10.2. The molecule has 1 aliphatic heterocycles. The van der Waals surface area contributed by atoms with Gasteiger partial charge in [0.2, 0.25) is 0 Å². The number of hydrogen-bond donors (Lipinski definition) is 1. The molecule has 1 aromatic carbocycles. The van der Waals surface area contributed by atoms with Gasteiger partial charge in [-0.2, -0.15) is 0 Å². The van der Waals surface area contributed by atoms with Crippen molar-refractivity contribution in [1.29, 1.82) is 0 Å². The number of fused-ring (bicyclic) bond motifs is 3. The van der Waals surface area contributed by atoms with Gasteiger partial charge in [-0.25, -0.2) is 8.42 Å². The van der Waals surface area contributed by atoms with Crippen LogP contribution in [-0.2, 0) is 16.3 Å². The zero-order valence-corrected chi connectivity index (χ0v) is 8.26. The van der Waals surface area contributed by atoms with Crippen molar-refractivity contribution < 1.29 is 8.42 Å². The van der Waals surface area contributed by atoms with Crippen molar-refractivity contribution in [2.75, 3.05) is 5.75 Å². The number of aryl methyl sites for hydroxylation is 1. The zero-order valence-electron chi connectivity index (χ0n) is 7.45. The van der Waals surface area contributed by atoms with Crippen LogP contribution in [0.4, 0.5) is 0 Å². The summed E-state index contributed by atoms with van der Waals surface area (Å²) in [6.07, 6.45) is 0.617. The van der Waals surface area contributed by atoms with Crippen molar-refractivity contribution in [3.63, 3.8) is 0 Å². The molecule has 0 saturated carbocycles. The van der Waals surface area contributed by atoms with Crippen LogP contribution in [0.2, 0.25) is 0 Å². The van der Waals surface area contributed by atoms with Crippen LogP contribution in [0.5, 0.6) is 0 Å². The van der Waals surface area contributed by atoms with Crippen LogP contribution < -0.4 is 0 Å². The van der Waals surface area contributed by atoms with Crippen molar-refractivity contribution in [3.8, 4) is 0 Å². The number of benzene rings is 1. The first kappa shape index (κ1) is 8.05. The molecule has 3 nitrogen and oxygen atoms in total. The summed E-state index contributed by atoms with van der Waals surface area (Å²) in [7, 11) is -3.02. The highest BCUT2D eigenvalue weighted by atomic mass is 32.2. The Bertz CT molecular complexity index is 610. The van der Waals surface area contributed by atoms with Crippen molar-refractivity contribution in [2.45, 2.75) is 11.3 Å². The summed E-state index contributed by atoms with van der Waals surface area (Å²) < 4.78 is 23.4. The summed E-state index contributed by atoms with van der Waals surface area (Å²) in [5, 5.41) is 0.833. The van der Waals surface area contributed by atoms with Crippen LogP contribution in [0.25, 0.3) is 10.9 Å². The molecular weight excluding hydrogens is 198 g/mol. The first-order chi connectivity index (χ1) is 6.68. The number of hydrogen-bond acceptors (Lipinski definition) is 2. The molecule has 2 aromatic rings. The van der Waals surface area contributed by atoms with Crippen molar-refractivity contribution in [2.24, 2.45) is 0 Å². The van der Waals surface area contributed by atoms with Gasteiger partial charge in [-0.05, 0) is 6.07 Å². The Morgan fingerprint density at radius 2 is 2.00 bits per heavy atom. The number of aromatic amines is 1. The van der Waals surface area contributed by atoms with Gasteiger partial charge in [-0.3, -0.25) is 0 Å². The van der Waals surface area contributed by atoms with E-state index in [4.69, 9.17) is 0 Å². The molecule has 0 radical (unpaired) electrons. The average molecular weight is 207 g/mol. The summed E-state index contributed by atoms with van der Waals surface area (Å²) in [5.41, 5.74) is 1.78. The van der Waals surface area contributed by atoms with E-state index in [-0.39, 0.29) is 5.75 Å². The second-order valence-electron chi connectivity index (χ2n) is 3.55. The van der Waals surface area contributed by atoms with Gasteiger partial charge < -0.3 is 4.98 Å². The van der Waals surface area contributed by atoms with Crippen molar-refractivity contribution in [1.82, 2.24) is 4.98 Å². The van der Waals surface area contributed by atoms with Gasteiger partial charge in [0.15, 0.2) is 9.84 Å². The summed E-state index contributed by atoms with van der Waals surface area (Å²) in [6, 6.07) is 7.53. The molecule has 0 saturated heterocycles. The van der Waals surface area contributed by atoms with Crippen molar-refractivity contribution >= 4 is 20.7 Å². The van der Waals surface area contributed by atoms with Gasteiger partial charge in [0.1, 0.15) is 0 Å². The van der Waals surface area contributed by atoms with E-state index in [0.29, 0.717) is 11.3 Å². The van der Waals surface area contributed by atoms with Crippen LogP contribution in [0.1, 0.15) is 5.69 Å². The Balaban J connectivity index is 2.53. The summed E-state index contributed by atoms with van der Waals surface area (Å²) in [5.74, 6) is 0.249. The molecule has 0 atom stereocenters. The Hall–Kier alpha value is -1.29. The Labute approximate surface area is 81.7 Å². The second kappa shape index (κ2) is 2.39. The number of H-pyrrole nitrogens is 1. The van der Waals surface area contributed by atoms with Crippen LogP contribution in [0, 0.1) is 0 Å². The van der Waals surface area contributed by atoms with Gasteiger partial charge in [-0.1, -0.05) is 18.2 Å². The first-order valence-corrected chi connectivity index (χ1v) is 6.16. The van der Waals surface area contributed by atoms with E-state index >= 15 is 0 Å². The predicted octanol–water partition coefficient (Wildman–Crippen LogP) is 1.50. The van der Waals surface area contributed by atoms with E-state index in [1.807, 2.05) is 24.3 Å². The Morgan fingerprint density at radius 1 is 1.21 bits per heavy atom. The summed E-state index contributed by atoms with van der Waals surface area (Å²) in [6.45, 7) is 0. The number of aromatic nitrogens is 1. The van der Waals surface area contributed by atoms with E-state index in [1.54, 1.807) is 0 Å². The highest BCUT2D eigenvalue weighted by Crippen LogP contribution is 2.32. The number of para-hydroxylation sites is 1. The number of rotatable bonds is 0. The maximum absolute atomic E-state index is 11.7. The number of sulfone groups is 1. The molecule has 1 N–H and O–H groups in total. The van der Waals surface area contributed by atoms with Crippen LogP contribution in [0.3, 0.4) is 0 Å². The lowest BCUT2D eigenvalue weighted by Crippen LogP contribution is -1.98. The molecule has 4 heteroatoms. The molecule has 2 heterocycles. The lowest BCUT2D eigenvalue weighted by molar-refractivity contribution is 0.600. The van der Waals surface area contributed by atoms with Gasteiger partial charge in [-0.15, -0.1) is 0 Å². The number of nitrogens with one attached hydrogen (secondary N) is 1. The van der Waals surface area contributed by atoms with Gasteiger partial charge in [0, 0.05) is 23.0 Å². The molecule has 14 heavy (non-hydrogen) atoms. The third-order valence-electron chi connectivity index (χ3n) is 2.66. The molecule has 0 aliphatic carbocycles. The fourth-order valence-corrected chi connectivity index (χ4v) is 3.76.